The fraction of sp³-hybridized carbons (Fsp3) is 0.348. The van der Waals surface area contributed by atoms with Crippen LogP contribution in [0.3, 0.4) is 0 Å². The zero-order chi connectivity index (χ0) is 21.1. The maximum Gasteiger partial charge on any atom is 0.275 e. The Kier molecular flexibility index (Phi) is 5.77. The van der Waals surface area contributed by atoms with Gasteiger partial charge in [-0.1, -0.05) is 42.3 Å². The van der Waals surface area contributed by atoms with Crippen molar-refractivity contribution in [2.45, 2.75) is 37.8 Å². The van der Waals surface area contributed by atoms with Crippen molar-refractivity contribution in [2.75, 3.05) is 19.0 Å². The predicted molar refractivity (Wildman–Crippen MR) is 117 cm³/mol. The number of ether oxygens (including phenoxy) is 1. The first-order chi connectivity index (χ1) is 14.5. The maximum absolute atomic E-state index is 13.3. The number of aliphatic imine (C=N–C) groups is 1. The molecule has 0 unspecified atom stereocenters. The summed E-state index contributed by atoms with van der Waals surface area (Å²) in [6.45, 7) is -0.0581. The van der Waals surface area contributed by atoms with Crippen molar-refractivity contribution in [1.82, 2.24) is 4.90 Å². The van der Waals surface area contributed by atoms with Crippen molar-refractivity contribution in [3.8, 4) is 5.75 Å². The number of benzene rings is 2. The molecular formula is C23H24ClN3O3. The summed E-state index contributed by atoms with van der Waals surface area (Å²) < 4.78 is 5.30. The van der Waals surface area contributed by atoms with Crippen LogP contribution < -0.4 is 10.1 Å². The average Bonchev–Trinajstić information content (AvgIpc) is 3.01. The monoisotopic (exact) mass is 425 g/mol. The van der Waals surface area contributed by atoms with Gasteiger partial charge in [-0.25, -0.2) is 0 Å². The fourth-order valence-electron chi connectivity index (χ4n) is 4.23. The van der Waals surface area contributed by atoms with Crippen molar-refractivity contribution in [2.24, 2.45) is 4.99 Å². The molecule has 0 bridgehead atoms. The molecule has 2 amide bonds. The molecule has 2 aliphatic rings. The highest BCUT2D eigenvalue weighted by Crippen LogP contribution is 2.39. The predicted octanol–water partition coefficient (Wildman–Crippen LogP) is 4.28. The van der Waals surface area contributed by atoms with Gasteiger partial charge in [0.05, 0.1) is 12.8 Å². The van der Waals surface area contributed by atoms with Crippen LogP contribution in [0.25, 0.3) is 0 Å². The molecule has 156 valence electrons. The number of hydrogen-bond acceptors (Lipinski definition) is 4. The zero-order valence-electron chi connectivity index (χ0n) is 16.9. The molecule has 2 aromatic carbocycles. The van der Waals surface area contributed by atoms with Gasteiger partial charge in [-0.2, -0.15) is 0 Å². The van der Waals surface area contributed by atoms with E-state index in [0.717, 1.165) is 37.7 Å². The molecule has 6 nitrogen and oxygen atoms in total. The number of hydrogen-bond donors (Lipinski definition) is 1. The number of rotatable bonds is 5. The summed E-state index contributed by atoms with van der Waals surface area (Å²) in [7, 11) is 1.55. The Morgan fingerprint density at radius 2 is 1.83 bits per heavy atom. The van der Waals surface area contributed by atoms with E-state index in [1.807, 2.05) is 12.1 Å². The maximum atomic E-state index is 13.3. The zero-order valence-corrected chi connectivity index (χ0v) is 17.6. The van der Waals surface area contributed by atoms with Crippen molar-refractivity contribution < 1.29 is 14.3 Å². The second-order valence-corrected chi connectivity index (χ2v) is 8.09. The Morgan fingerprint density at radius 1 is 1.13 bits per heavy atom. The highest BCUT2D eigenvalue weighted by atomic mass is 35.5. The lowest BCUT2D eigenvalue weighted by molar-refractivity contribution is -0.134. The van der Waals surface area contributed by atoms with Crippen LogP contribution in [-0.4, -0.2) is 41.7 Å². The minimum absolute atomic E-state index is 0.0581. The highest BCUT2D eigenvalue weighted by Gasteiger charge is 2.48. The van der Waals surface area contributed by atoms with E-state index in [4.69, 9.17) is 21.3 Å². The second-order valence-electron chi connectivity index (χ2n) is 7.65. The van der Waals surface area contributed by atoms with Gasteiger partial charge >= 0.3 is 0 Å². The minimum Gasteiger partial charge on any atom is -0.495 e. The molecule has 30 heavy (non-hydrogen) atoms. The second kappa shape index (κ2) is 8.48. The molecule has 7 heteroatoms. The number of anilines is 1. The summed E-state index contributed by atoms with van der Waals surface area (Å²) in [5.41, 5.74) is 1.05. The molecule has 2 aromatic rings. The Hall–Kier alpha value is -2.86. The third kappa shape index (κ3) is 3.92. The summed E-state index contributed by atoms with van der Waals surface area (Å²) in [5.74, 6) is 0.0869. The number of nitrogens with one attached hydrogen (secondary N) is 1. The van der Waals surface area contributed by atoms with Crippen LogP contribution in [0.2, 0.25) is 5.02 Å². The molecule has 1 heterocycles. The van der Waals surface area contributed by atoms with E-state index < -0.39 is 5.66 Å². The van der Waals surface area contributed by atoms with Crippen LogP contribution in [0.15, 0.2) is 53.5 Å². The molecule has 0 saturated heterocycles. The SMILES string of the molecule is COc1ccccc1NC(=O)CN1C(=O)C(c2ccc(Cl)cc2)=NC12CCCCC2. The Bertz CT molecular complexity index is 981. The molecule has 1 N–H and O–H groups in total. The third-order valence-electron chi connectivity index (χ3n) is 5.72. The molecule has 4 rings (SSSR count). The molecule has 0 aromatic heterocycles. The Labute approximate surface area is 180 Å². The van der Waals surface area contributed by atoms with Gasteiger partial charge in [-0.15, -0.1) is 0 Å². The molecule has 1 aliphatic carbocycles. The van der Waals surface area contributed by atoms with Crippen LogP contribution in [0, 0.1) is 0 Å². The van der Waals surface area contributed by atoms with Gasteiger partial charge in [0.1, 0.15) is 23.7 Å². The van der Waals surface area contributed by atoms with Crippen LogP contribution in [0.5, 0.6) is 5.75 Å². The summed E-state index contributed by atoms with van der Waals surface area (Å²) in [4.78, 5) is 32.7. The quantitative estimate of drug-likeness (QED) is 0.777. The van der Waals surface area contributed by atoms with E-state index in [-0.39, 0.29) is 18.4 Å². The normalized spacial score (nSPS) is 17.7. The lowest BCUT2D eigenvalue weighted by Crippen LogP contribution is -2.51. The first kappa shape index (κ1) is 20.4. The van der Waals surface area contributed by atoms with Crippen LogP contribution in [-0.2, 0) is 9.59 Å². The average molecular weight is 426 g/mol. The number of nitrogens with zero attached hydrogens (tertiary/aromatic N) is 2. The lowest BCUT2D eigenvalue weighted by atomic mass is 9.88. The van der Waals surface area contributed by atoms with Gasteiger partial charge < -0.3 is 15.0 Å². The minimum atomic E-state index is -0.650. The molecule has 1 saturated carbocycles. The summed E-state index contributed by atoms with van der Waals surface area (Å²) in [6, 6.07) is 14.3. The number of carbonyl (C=O) groups is 2. The molecule has 1 fully saturated rings. The number of amides is 2. The lowest BCUT2D eigenvalue weighted by Gasteiger charge is -2.38. The van der Waals surface area contributed by atoms with Gasteiger partial charge in [0.25, 0.3) is 5.91 Å². The topological polar surface area (TPSA) is 71.0 Å². The van der Waals surface area contributed by atoms with E-state index in [1.165, 1.54) is 0 Å². The van der Waals surface area contributed by atoms with Crippen molar-refractivity contribution in [1.29, 1.82) is 0 Å². The number of para-hydroxylation sites is 2. The van der Waals surface area contributed by atoms with E-state index in [0.29, 0.717) is 22.2 Å². The van der Waals surface area contributed by atoms with Gasteiger partial charge in [-0.05, 0) is 49.9 Å². The smallest absolute Gasteiger partial charge is 0.275 e. The van der Waals surface area contributed by atoms with E-state index in [1.54, 1.807) is 48.4 Å². The van der Waals surface area contributed by atoms with Gasteiger partial charge in [-0.3, -0.25) is 14.6 Å². The number of methoxy groups -OCH3 is 1. The van der Waals surface area contributed by atoms with E-state index in [9.17, 15) is 9.59 Å². The summed E-state index contributed by atoms with van der Waals surface area (Å²) in [6.07, 6.45) is 4.60. The summed E-state index contributed by atoms with van der Waals surface area (Å²) in [5, 5.41) is 3.47. The van der Waals surface area contributed by atoms with Gasteiger partial charge in [0.2, 0.25) is 5.91 Å². The van der Waals surface area contributed by atoms with Crippen molar-refractivity contribution in [3.63, 3.8) is 0 Å². The Balaban J connectivity index is 1.59. The number of carbonyl (C=O) groups excluding carboxylic acids is 2. The van der Waals surface area contributed by atoms with E-state index in [2.05, 4.69) is 5.32 Å². The van der Waals surface area contributed by atoms with E-state index >= 15 is 0 Å². The number of halogens is 1. The van der Waals surface area contributed by atoms with Crippen LogP contribution in [0.1, 0.15) is 37.7 Å². The third-order valence-corrected chi connectivity index (χ3v) is 5.98. The fourth-order valence-corrected chi connectivity index (χ4v) is 4.35. The highest BCUT2D eigenvalue weighted by molar-refractivity contribution is 6.47. The largest absolute Gasteiger partial charge is 0.495 e. The van der Waals surface area contributed by atoms with Crippen molar-refractivity contribution >= 4 is 34.8 Å². The van der Waals surface area contributed by atoms with Crippen LogP contribution >= 0.6 is 11.6 Å². The first-order valence-corrected chi connectivity index (χ1v) is 10.5. The van der Waals surface area contributed by atoms with Crippen molar-refractivity contribution in [3.05, 3.63) is 59.1 Å². The van der Waals surface area contributed by atoms with Crippen LogP contribution in [0.4, 0.5) is 5.69 Å². The molecular weight excluding hydrogens is 402 g/mol. The van der Waals surface area contributed by atoms with Gasteiger partial charge in [0, 0.05) is 10.6 Å². The molecule has 0 atom stereocenters. The molecule has 1 spiro atoms. The standard InChI is InChI=1S/C23H24ClN3O3/c1-30-19-8-4-3-7-18(19)25-20(28)15-27-22(29)21(16-9-11-17(24)12-10-16)26-23(27)13-5-2-6-14-23/h3-4,7-12H,2,5-6,13-15H2,1H3,(H,25,28). The molecule has 0 radical (unpaired) electrons. The first-order valence-electron chi connectivity index (χ1n) is 10.1. The molecule has 1 aliphatic heterocycles. The van der Waals surface area contributed by atoms with Gasteiger partial charge in [0.15, 0.2) is 0 Å². The summed E-state index contributed by atoms with van der Waals surface area (Å²) >= 11 is 6.00. The Morgan fingerprint density at radius 3 is 2.53 bits per heavy atom.